The van der Waals surface area contributed by atoms with Crippen LogP contribution in [0.5, 0.6) is 0 Å². The van der Waals surface area contributed by atoms with Crippen LogP contribution in [0.2, 0.25) is 0 Å². The Morgan fingerprint density at radius 3 is 1.88 bits per heavy atom. The summed E-state index contributed by atoms with van der Waals surface area (Å²) in [5.74, 6) is -0.323. The average molecular weight is 708 g/mol. The largest absolute Gasteiger partial charge is 0.478 e. The van der Waals surface area contributed by atoms with Crippen molar-refractivity contribution in [1.82, 2.24) is 10.3 Å². The number of anilines is 1. The topological polar surface area (TPSA) is 233 Å². The fraction of sp³-hybridized carbons (Fsp3) is 0.500. The summed E-state index contributed by atoms with van der Waals surface area (Å²) in [7, 11) is 1.57. The molecule has 13 heteroatoms. The number of aryl methyl sites for hydroxylation is 1. The minimum atomic E-state index is -1.55. The van der Waals surface area contributed by atoms with Gasteiger partial charge in [-0.25, -0.2) is 9.59 Å². The smallest absolute Gasteiger partial charge is 0.335 e. The lowest BCUT2D eigenvalue weighted by atomic mass is 9.48. The molecule has 1 heterocycles. The third-order valence-corrected chi connectivity index (χ3v) is 10.7. The fourth-order valence-corrected chi connectivity index (χ4v) is 8.69. The van der Waals surface area contributed by atoms with Gasteiger partial charge in [0.25, 0.3) is 5.91 Å². The summed E-state index contributed by atoms with van der Waals surface area (Å²) >= 11 is 0. The van der Waals surface area contributed by atoms with Gasteiger partial charge in [-0.15, -0.1) is 0 Å². The number of hydrogen-bond acceptors (Lipinski definition) is 9. The number of benzene rings is 2. The number of aromatic carboxylic acids is 2. The van der Waals surface area contributed by atoms with Crippen molar-refractivity contribution in [2.75, 3.05) is 25.5 Å². The van der Waals surface area contributed by atoms with Gasteiger partial charge in [0.05, 0.1) is 29.4 Å². The highest BCUT2D eigenvalue weighted by Crippen LogP contribution is 2.61. The van der Waals surface area contributed by atoms with E-state index in [-0.39, 0.29) is 29.3 Å². The molecule has 10 N–H and O–H groups in total. The van der Waals surface area contributed by atoms with E-state index in [1.807, 2.05) is 36.4 Å². The van der Waals surface area contributed by atoms with Crippen molar-refractivity contribution < 1.29 is 50.1 Å². The molecular weight excluding hydrogens is 658 g/mol. The van der Waals surface area contributed by atoms with Crippen LogP contribution < -0.4 is 10.6 Å². The number of hydrogen-bond donors (Lipinski definition) is 10. The zero-order chi connectivity index (χ0) is 36.9. The van der Waals surface area contributed by atoms with Gasteiger partial charge in [0.2, 0.25) is 0 Å². The van der Waals surface area contributed by atoms with Crippen LogP contribution in [0.1, 0.15) is 81.7 Å². The SMILES string of the molecule is CNC[C@H](O)[C@@H](O)[C@H](O)[C@H](O)CO.O=C(O)c1cc(NC(=O)c2cc(-c3ccccc3)[nH]c2CCC23CC4CC(CC(C4)C2)C3)cc(C(=O)O)c1. The molecule has 4 aliphatic carbocycles. The molecule has 0 unspecified atom stereocenters. The third kappa shape index (κ3) is 9.23. The van der Waals surface area contributed by atoms with Crippen molar-refractivity contribution in [3.63, 3.8) is 0 Å². The lowest BCUT2D eigenvalue weighted by molar-refractivity contribution is -0.113. The number of H-pyrrole nitrogens is 1. The van der Waals surface area contributed by atoms with Gasteiger partial charge in [0.15, 0.2) is 0 Å². The molecule has 51 heavy (non-hydrogen) atoms. The van der Waals surface area contributed by atoms with Crippen LogP contribution in [-0.2, 0) is 6.42 Å². The molecular formula is C38H49N3O10. The van der Waals surface area contributed by atoms with Crippen molar-refractivity contribution in [3.05, 3.63) is 77.0 Å². The van der Waals surface area contributed by atoms with E-state index in [2.05, 4.69) is 15.6 Å². The van der Waals surface area contributed by atoms with E-state index in [0.29, 0.717) is 11.0 Å². The van der Waals surface area contributed by atoms with Crippen LogP contribution in [0, 0.1) is 23.2 Å². The summed E-state index contributed by atoms with van der Waals surface area (Å²) in [4.78, 5) is 40.1. The molecule has 0 saturated heterocycles. The quantitative estimate of drug-likeness (QED) is 0.117. The van der Waals surface area contributed by atoms with Gasteiger partial charge in [0, 0.05) is 23.6 Å². The molecule has 4 aliphatic rings. The van der Waals surface area contributed by atoms with Crippen molar-refractivity contribution in [2.24, 2.45) is 23.2 Å². The molecule has 0 aliphatic heterocycles. The molecule has 1 amide bonds. The summed E-state index contributed by atoms with van der Waals surface area (Å²) in [5, 5.41) is 69.1. The number of aliphatic hydroxyl groups excluding tert-OH is 5. The van der Waals surface area contributed by atoms with Gasteiger partial charge in [-0.2, -0.15) is 0 Å². The summed E-state index contributed by atoms with van der Waals surface area (Å²) < 4.78 is 0. The number of amides is 1. The standard InChI is InChI=1S/C31H32N2O5.C7H17NO5/c34-28(32-24-12-22(29(35)36)11-23(13-24)30(37)38)25-14-27(21-4-2-1-3-5-21)33-26(25)6-7-31-15-18-8-19(16-31)10-20(9-18)17-31;1-8-2-4(10)6(12)7(13)5(11)3-9/h1-5,11-14,18-20,33H,6-10,15-17H2,(H,32,34)(H,35,36)(H,37,38);4-13H,2-3H2,1H3/t;4-,5+,6+,7+/m.0/s1. The number of aromatic nitrogens is 1. The normalized spacial score (nSPS) is 24.2. The molecule has 4 atom stereocenters. The highest BCUT2D eigenvalue weighted by Gasteiger charge is 2.50. The van der Waals surface area contributed by atoms with E-state index >= 15 is 0 Å². The number of nitrogens with one attached hydrogen (secondary N) is 3. The first-order chi connectivity index (χ1) is 24.3. The molecule has 4 fully saturated rings. The van der Waals surface area contributed by atoms with Crippen molar-refractivity contribution in [3.8, 4) is 11.3 Å². The first-order valence-corrected chi connectivity index (χ1v) is 17.5. The van der Waals surface area contributed by atoms with Gasteiger partial charge in [-0.05, 0) is 111 Å². The highest BCUT2D eigenvalue weighted by molar-refractivity contribution is 6.07. The van der Waals surface area contributed by atoms with Gasteiger partial charge in [-0.1, -0.05) is 30.3 Å². The second-order valence-electron chi connectivity index (χ2n) is 14.6. The van der Waals surface area contributed by atoms with Crippen molar-refractivity contribution in [2.45, 2.75) is 75.8 Å². The second-order valence-corrected chi connectivity index (χ2v) is 14.6. The molecule has 4 bridgehead atoms. The van der Waals surface area contributed by atoms with E-state index < -0.39 is 43.0 Å². The maximum Gasteiger partial charge on any atom is 0.335 e. The average Bonchev–Trinajstić information content (AvgIpc) is 3.54. The summed E-state index contributed by atoms with van der Waals surface area (Å²) in [6.07, 6.45) is 4.22. The Morgan fingerprint density at radius 2 is 1.37 bits per heavy atom. The number of carbonyl (C=O) groups is 3. The summed E-state index contributed by atoms with van der Waals surface area (Å²) in [6, 6.07) is 15.3. The molecule has 3 aromatic rings. The Morgan fingerprint density at radius 1 is 0.824 bits per heavy atom. The lowest BCUT2D eigenvalue weighted by Gasteiger charge is -2.57. The van der Waals surface area contributed by atoms with Crippen LogP contribution in [0.3, 0.4) is 0 Å². The molecule has 276 valence electrons. The van der Waals surface area contributed by atoms with Crippen molar-refractivity contribution in [1.29, 1.82) is 0 Å². The molecule has 13 nitrogen and oxygen atoms in total. The Bertz CT molecular complexity index is 1610. The second kappa shape index (κ2) is 16.5. The van der Waals surface area contributed by atoms with Crippen LogP contribution >= 0.6 is 0 Å². The monoisotopic (exact) mass is 707 g/mol. The minimum Gasteiger partial charge on any atom is -0.478 e. The van der Waals surface area contributed by atoms with Crippen LogP contribution in [-0.4, -0.2) is 103 Å². The van der Waals surface area contributed by atoms with Crippen LogP contribution in [0.25, 0.3) is 11.3 Å². The predicted octanol–water partition coefficient (Wildman–Crippen LogP) is 3.12. The maximum atomic E-state index is 13.5. The summed E-state index contributed by atoms with van der Waals surface area (Å²) in [5.41, 5.74) is 3.32. The molecule has 0 spiro atoms. The van der Waals surface area contributed by atoms with Gasteiger partial charge in [0.1, 0.15) is 18.3 Å². The Hall–Kier alpha value is -4.11. The number of carboxylic acids is 2. The number of carboxylic acid groups (broad SMARTS) is 2. The maximum absolute atomic E-state index is 13.5. The van der Waals surface area contributed by atoms with Gasteiger partial charge in [-0.3, -0.25) is 4.79 Å². The van der Waals surface area contributed by atoms with Crippen LogP contribution in [0.4, 0.5) is 5.69 Å². The zero-order valence-corrected chi connectivity index (χ0v) is 28.7. The van der Waals surface area contributed by atoms with Gasteiger partial charge < -0.3 is 51.4 Å². The summed E-state index contributed by atoms with van der Waals surface area (Å²) in [6.45, 7) is -0.569. The first kappa shape index (κ1) is 38.1. The predicted molar refractivity (Wildman–Crippen MR) is 189 cm³/mol. The number of aliphatic hydroxyl groups is 5. The minimum absolute atomic E-state index is 0.0936. The first-order valence-electron chi connectivity index (χ1n) is 17.5. The van der Waals surface area contributed by atoms with E-state index in [9.17, 15) is 29.7 Å². The highest BCUT2D eigenvalue weighted by atomic mass is 16.4. The van der Waals surface area contributed by atoms with E-state index in [0.717, 1.165) is 53.6 Å². The molecule has 0 radical (unpaired) electrons. The molecule has 1 aromatic heterocycles. The molecule has 2 aromatic carbocycles. The number of carbonyl (C=O) groups excluding carboxylic acids is 1. The number of rotatable bonds is 14. The fourth-order valence-electron chi connectivity index (χ4n) is 8.69. The van der Waals surface area contributed by atoms with E-state index in [4.69, 9.17) is 20.4 Å². The Kier molecular flexibility index (Phi) is 12.3. The number of likely N-dealkylation sites (N-methyl/N-ethyl adjacent to an activating group) is 1. The lowest BCUT2D eigenvalue weighted by Crippen LogP contribution is -2.48. The van der Waals surface area contributed by atoms with E-state index in [1.54, 1.807) is 7.05 Å². The van der Waals surface area contributed by atoms with E-state index in [1.165, 1.54) is 50.7 Å². The van der Waals surface area contributed by atoms with Crippen molar-refractivity contribution >= 4 is 23.5 Å². The Balaban J connectivity index is 0.000000332. The van der Waals surface area contributed by atoms with Gasteiger partial charge >= 0.3 is 11.9 Å². The number of aromatic amines is 1. The third-order valence-electron chi connectivity index (χ3n) is 10.7. The molecule has 4 saturated carbocycles. The van der Waals surface area contributed by atoms with Crippen LogP contribution in [0.15, 0.2) is 54.6 Å². The Labute approximate surface area is 296 Å². The zero-order valence-electron chi connectivity index (χ0n) is 28.7. The molecule has 7 rings (SSSR count).